The van der Waals surface area contributed by atoms with Gasteiger partial charge in [-0.3, -0.25) is 4.79 Å². The first-order valence-electron chi connectivity index (χ1n) is 5.56. The summed E-state index contributed by atoms with van der Waals surface area (Å²) in [5.74, 6) is 0.492. The maximum atomic E-state index is 11.2. The van der Waals surface area contributed by atoms with Crippen LogP contribution in [-0.4, -0.2) is 18.0 Å². The maximum Gasteiger partial charge on any atom is 0.248 e. The van der Waals surface area contributed by atoms with Crippen molar-refractivity contribution in [2.24, 2.45) is 5.73 Å². The van der Waals surface area contributed by atoms with Crippen LogP contribution in [0.4, 0.5) is 0 Å². The molecule has 4 heteroatoms. The number of carbonyl (C=O) groups excluding carboxylic acids is 1. The number of pyridine rings is 1. The molecule has 2 rings (SSSR count). The Morgan fingerprint density at radius 1 is 1.44 bits per heavy atom. The fourth-order valence-corrected chi connectivity index (χ4v) is 2.20. The first-order chi connectivity index (χ1) is 7.70. The third kappa shape index (κ3) is 2.15. The zero-order chi connectivity index (χ0) is 11.5. The predicted molar refractivity (Wildman–Crippen MR) is 60.5 cm³/mol. The van der Waals surface area contributed by atoms with Crippen LogP contribution in [0.5, 0.6) is 5.88 Å². The highest BCUT2D eigenvalue weighted by atomic mass is 16.5. The molecule has 2 N–H and O–H groups in total. The van der Waals surface area contributed by atoms with Crippen LogP contribution >= 0.6 is 0 Å². The number of methoxy groups -OCH3 is 1. The minimum absolute atomic E-state index is 0.431. The van der Waals surface area contributed by atoms with Crippen LogP contribution in [0.3, 0.4) is 0 Å². The van der Waals surface area contributed by atoms with Gasteiger partial charge in [0.25, 0.3) is 0 Å². The molecular formula is C12H16N2O2. The van der Waals surface area contributed by atoms with E-state index < -0.39 is 5.91 Å². The predicted octanol–water partition coefficient (Wildman–Crippen LogP) is 1.85. The van der Waals surface area contributed by atoms with Crippen LogP contribution in [-0.2, 0) is 0 Å². The third-order valence-corrected chi connectivity index (χ3v) is 3.09. The number of carbonyl (C=O) groups is 1. The first kappa shape index (κ1) is 10.9. The van der Waals surface area contributed by atoms with Crippen molar-refractivity contribution >= 4 is 5.91 Å². The lowest BCUT2D eigenvalue weighted by atomic mass is 10.0. The van der Waals surface area contributed by atoms with Gasteiger partial charge in [0.05, 0.1) is 7.11 Å². The van der Waals surface area contributed by atoms with E-state index in [0.717, 1.165) is 18.5 Å². The van der Waals surface area contributed by atoms with Gasteiger partial charge in [0.1, 0.15) is 0 Å². The number of hydrogen-bond acceptors (Lipinski definition) is 3. The molecule has 0 spiro atoms. The number of aromatic nitrogens is 1. The molecule has 0 bridgehead atoms. The van der Waals surface area contributed by atoms with E-state index in [-0.39, 0.29) is 0 Å². The second-order valence-electron chi connectivity index (χ2n) is 4.17. The van der Waals surface area contributed by atoms with Crippen molar-refractivity contribution in [1.29, 1.82) is 0 Å². The Morgan fingerprint density at radius 2 is 2.12 bits per heavy atom. The van der Waals surface area contributed by atoms with E-state index in [1.54, 1.807) is 19.2 Å². The zero-order valence-corrected chi connectivity index (χ0v) is 9.40. The number of rotatable bonds is 3. The van der Waals surface area contributed by atoms with Crippen LogP contribution < -0.4 is 10.5 Å². The standard InChI is InChI=1S/C12H16N2O2/c1-16-11-7-9(12(13)15)6-10(14-11)8-4-2-3-5-8/h6-8H,2-5H2,1H3,(H2,13,15). The minimum Gasteiger partial charge on any atom is -0.481 e. The average molecular weight is 220 g/mol. The number of nitrogens with zero attached hydrogens (tertiary/aromatic N) is 1. The van der Waals surface area contributed by atoms with Crippen molar-refractivity contribution in [2.75, 3.05) is 7.11 Å². The molecule has 1 heterocycles. The molecule has 0 aliphatic heterocycles. The topological polar surface area (TPSA) is 65.2 Å². The van der Waals surface area contributed by atoms with Crippen LogP contribution in [0.1, 0.15) is 47.7 Å². The molecule has 1 aromatic heterocycles. The van der Waals surface area contributed by atoms with Gasteiger partial charge >= 0.3 is 0 Å². The largest absolute Gasteiger partial charge is 0.481 e. The second kappa shape index (κ2) is 4.51. The van der Waals surface area contributed by atoms with Gasteiger partial charge in [0.2, 0.25) is 11.8 Å². The van der Waals surface area contributed by atoms with Crippen molar-refractivity contribution in [3.63, 3.8) is 0 Å². The van der Waals surface area contributed by atoms with Gasteiger partial charge in [0.15, 0.2) is 0 Å². The Kier molecular flexibility index (Phi) is 3.08. The molecular weight excluding hydrogens is 204 g/mol. The van der Waals surface area contributed by atoms with E-state index in [1.165, 1.54) is 12.8 Å². The molecule has 4 nitrogen and oxygen atoms in total. The van der Waals surface area contributed by atoms with Crippen molar-refractivity contribution in [2.45, 2.75) is 31.6 Å². The monoisotopic (exact) mass is 220 g/mol. The highest BCUT2D eigenvalue weighted by Gasteiger charge is 2.20. The molecule has 1 fully saturated rings. The maximum absolute atomic E-state index is 11.2. The van der Waals surface area contributed by atoms with Gasteiger partial charge in [-0.2, -0.15) is 0 Å². The first-order valence-corrected chi connectivity index (χ1v) is 5.56. The lowest BCUT2D eigenvalue weighted by Gasteiger charge is -2.11. The summed E-state index contributed by atoms with van der Waals surface area (Å²) in [5.41, 5.74) is 6.70. The van der Waals surface area contributed by atoms with Gasteiger partial charge in [-0.15, -0.1) is 0 Å². The van der Waals surface area contributed by atoms with E-state index in [9.17, 15) is 4.79 Å². The summed E-state index contributed by atoms with van der Waals surface area (Å²) < 4.78 is 5.09. The molecule has 1 amide bonds. The van der Waals surface area contributed by atoms with Crippen molar-refractivity contribution < 1.29 is 9.53 Å². The molecule has 1 saturated carbocycles. The Hall–Kier alpha value is -1.58. The van der Waals surface area contributed by atoms with Crippen LogP contribution in [0.2, 0.25) is 0 Å². The molecule has 16 heavy (non-hydrogen) atoms. The molecule has 0 aromatic carbocycles. The minimum atomic E-state index is -0.431. The highest BCUT2D eigenvalue weighted by molar-refractivity contribution is 5.93. The Bertz CT molecular complexity index is 398. The van der Waals surface area contributed by atoms with Gasteiger partial charge in [0, 0.05) is 23.2 Å². The Balaban J connectivity index is 2.35. The summed E-state index contributed by atoms with van der Waals surface area (Å²) in [6.45, 7) is 0. The molecule has 0 unspecified atom stereocenters. The van der Waals surface area contributed by atoms with Crippen molar-refractivity contribution in [1.82, 2.24) is 4.98 Å². The van der Waals surface area contributed by atoms with Crippen LogP contribution in [0.15, 0.2) is 12.1 Å². The number of ether oxygens (including phenoxy) is 1. The second-order valence-corrected chi connectivity index (χ2v) is 4.17. The number of hydrogen-bond donors (Lipinski definition) is 1. The third-order valence-electron chi connectivity index (χ3n) is 3.09. The summed E-state index contributed by atoms with van der Waals surface area (Å²) >= 11 is 0. The fourth-order valence-electron chi connectivity index (χ4n) is 2.20. The normalized spacial score (nSPS) is 16.3. The number of amides is 1. The van der Waals surface area contributed by atoms with Crippen molar-refractivity contribution in [3.05, 3.63) is 23.4 Å². The summed E-state index contributed by atoms with van der Waals surface area (Å²) in [7, 11) is 1.55. The number of primary amides is 1. The SMILES string of the molecule is COc1cc(C(N)=O)cc(C2CCCC2)n1. The molecule has 86 valence electrons. The van der Waals surface area contributed by atoms with Crippen LogP contribution in [0, 0.1) is 0 Å². The fraction of sp³-hybridized carbons (Fsp3) is 0.500. The quantitative estimate of drug-likeness (QED) is 0.845. The van der Waals surface area contributed by atoms with E-state index in [0.29, 0.717) is 17.4 Å². The van der Waals surface area contributed by atoms with Gasteiger partial charge in [-0.1, -0.05) is 12.8 Å². The van der Waals surface area contributed by atoms with Crippen LogP contribution in [0.25, 0.3) is 0 Å². The lowest BCUT2D eigenvalue weighted by molar-refractivity contribution is 0.0999. The van der Waals surface area contributed by atoms with E-state index in [1.807, 2.05) is 0 Å². The summed E-state index contributed by atoms with van der Waals surface area (Å²) in [6.07, 6.45) is 4.74. The average Bonchev–Trinajstić information content (AvgIpc) is 2.81. The smallest absolute Gasteiger partial charge is 0.248 e. The molecule has 0 saturated heterocycles. The Morgan fingerprint density at radius 3 is 2.69 bits per heavy atom. The summed E-state index contributed by atoms with van der Waals surface area (Å²) in [4.78, 5) is 15.6. The zero-order valence-electron chi connectivity index (χ0n) is 9.40. The number of nitrogens with two attached hydrogens (primary N) is 1. The van der Waals surface area contributed by atoms with Crippen molar-refractivity contribution in [3.8, 4) is 5.88 Å². The van der Waals surface area contributed by atoms with E-state index >= 15 is 0 Å². The summed E-state index contributed by atoms with van der Waals surface area (Å²) in [6, 6.07) is 3.38. The molecule has 1 aromatic rings. The highest BCUT2D eigenvalue weighted by Crippen LogP contribution is 2.34. The van der Waals surface area contributed by atoms with E-state index in [2.05, 4.69) is 4.98 Å². The lowest BCUT2D eigenvalue weighted by Crippen LogP contribution is -2.13. The summed E-state index contributed by atoms with van der Waals surface area (Å²) in [5, 5.41) is 0. The Labute approximate surface area is 94.8 Å². The molecule has 0 radical (unpaired) electrons. The van der Waals surface area contributed by atoms with Gasteiger partial charge in [-0.25, -0.2) is 4.98 Å². The molecule has 1 aliphatic carbocycles. The molecule has 0 atom stereocenters. The van der Waals surface area contributed by atoms with Gasteiger partial charge in [-0.05, 0) is 18.9 Å². The van der Waals surface area contributed by atoms with Gasteiger partial charge < -0.3 is 10.5 Å². The molecule has 1 aliphatic rings. The van der Waals surface area contributed by atoms with E-state index in [4.69, 9.17) is 10.5 Å².